The van der Waals surface area contributed by atoms with Crippen molar-refractivity contribution in [2.45, 2.75) is 31.4 Å². The number of carbonyl (C=O) groups excluding carboxylic acids is 1. The van der Waals surface area contributed by atoms with Gasteiger partial charge in [-0.2, -0.15) is 0 Å². The maximum atomic E-state index is 11.4. The fourth-order valence-electron chi connectivity index (χ4n) is 1.47. The molecule has 2 unspecified atom stereocenters. The smallest absolute Gasteiger partial charge is 0.237 e. The van der Waals surface area contributed by atoms with E-state index < -0.39 is 6.10 Å². The molecule has 1 aliphatic rings. The summed E-state index contributed by atoms with van der Waals surface area (Å²) in [5.74, 6) is 0.228. The third-order valence-corrected chi connectivity index (χ3v) is 2.67. The summed E-state index contributed by atoms with van der Waals surface area (Å²) < 4.78 is 0. The third kappa shape index (κ3) is 3.82. The Hall–Kier alpha value is -0.320. The summed E-state index contributed by atoms with van der Waals surface area (Å²) in [4.78, 5) is 11.4. The Morgan fingerprint density at radius 1 is 1.64 bits per heavy atom. The minimum Gasteiger partial charge on any atom is -0.391 e. The molecule has 0 aromatic rings. The van der Waals surface area contributed by atoms with Gasteiger partial charge >= 0.3 is 0 Å². The van der Waals surface area contributed by atoms with Crippen LogP contribution in [0, 0.1) is 0 Å². The second-order valence-electron chi connectivity index (χ2n) is 3.56. The van der Waals surface area contributed by atoms with Gasteiger partial charge in [0.1, 0.15) is 0 Å². The molecule has 1 heterocycles. The molecule has 1 aliphatic heterocycles. The van der Waals surface area contributed by atoms with Gasteiger partial charge in [-0.25, -0.2) is 0 Å². The Balaban J connectivity index is 2.29. The van der Waals surface area contributed by atoms with E-state index in [1.54, 1.807) is 0 Å². The van der Waals surface area contributed by atoms with Gasteiger partial charge in [-0.15, -0.1) is 11.6 Å². The lowest BCUT2D eigenvalue weighted by Crippen LogP contribution is -2.45. The molecule has 1 saturated heterocycles. The molecule has 4 nitrogen and oxygen atoms in total. The van der Waals surface area contributed by atoms with E-state index in [-0.39, 0.29) is 17.8 Å². The highest BCUT2D eigenvalue weighted by atomic mass is 35.5. The summed E-state index contributed by atoms with van der Waals surface area (Å²) in [7, 11) is 0. The molecule has 3 N–H and O–H groups in total. The second kappa shape index (κ2) is 6.22. The quantitative estimate of drug-likeness (QED) is 0.578. The van der Waals surface area contributed by atoms with Gasteiger partial charge in [0.05, 0.1) is 12.1 Å². The molecule has 0 saturated carbocycles. The van der Waals surface area contributed by atoms with E-state index in [1.165, 1.54) is 0 Å². The molecular formula is C9H17ClN2O2. The molecule has 1 amide bonds. The van der Waals surface area contributed by atoms with Crippen LogP contribution in [-0.2, 0) is 4.79 Å². The first kappa shape index (κ1) is 11.8. The number of hydrogen-bond acceptors (Lipinski definition) is 3. The summed E-state index contributed by atoms with van der Waals surface area (Å²) in [5.41, 5.74) is 0. The molecule has 0 spiro atoms. The number of aliphatic hydroxyl groups excluding tert-OH is 1. The number of hydrogen-bond donors (Lipinski definition) is 3. The highest BCUT2D eigenvalue weighted by Crippen LogP contribution is 2.05. The summed E-state index contributed by atoms with van der Waals surface area (Å²) in [6.07, 6.45) is 2.32. The van der Waals surface area contributed by atoms with Gasteiger partial charge in [0.25, 0.3) is 0 Å². The van der Waals surface area contributed by atoms with Crippen molar-refractivity contribution < 1.29 is 9.90 Å². The first-order valence-electron chi connectivity index (χ1n) is 4.99. The van der Waals surface area contributed by atoms with Crippen molar-refractivity contribution in [3.63, 3.8) is 0 Å². The van der Waals surface area contributed by atoms with Crippen LogP contribution in [0.1, 0.15) is 19.3 Å². The average molecular weight is 221 g/mol. The average Bonchev–Trinajstić information content (AvgIpc) is 2.39. The zero-order valence-electron chi connectivity index (χ0n) is 8.13. The Labute approximate surface area is 89.0 Å². The van der Waals surface area contributed by atoms with Gasteiger partial charge in [0, 0.05) is 19.0 Å². The van der Waals surface area contributed by atoms with Crippen molar-refractivity contribution in [1.82, 2.24) is 10.6 Å². The first-order chi connectivity index (χ1) is 6.74. The van der Waals surface area contributed by atoms with Gasteiger partial charge in [-0.05, 0) is 19.3 Å². The molecule has 1 fully saturated rings. The van der Waals surface area contributed by atoms with Crippen molar-refractivity contribution in [2.24, 2.45) is 0 Å². The SMILES string of the molecule is O=C1NCCCCC1NCC(O)CCl. The van der Waals surface area contributed by atoms with E-state index >= 15 is 0 Å². The number of amides is 1. The summed E-state index contributed by atoms with van der Waals surface area (Å²) >= 11 is 5.45. The van der Waals surface area contributed by atoms with Crippen LogP contribution in [0.2, 0.25) is 0 Å². The van der Waals surface area contributed by atoms with Gasteiger partial charge in [-0.3, -0.25) is 4.79 Å². The van der Waals surface area contributed by atoms with E-state index in [1.807, 2.05) is 0 Å². The van der Waals surface area contributed by atoms with Crippen LogP contribution in [0.3, 0.4) is 0 Å². The maximum absolute atomic E-state index is 11.4. The fourth-order valence-corrected chi connectivity index (χ4v) is 1.58. The highest BCUT2D eigenvalue weighted by molar-refractivity contribution is 6.18. The molecule has 0 radical (unpaired) electrons. The Kier molecular flexibility index (Phi) is 5.22. The van der Waals surface area contributed by atoms with Crippen molar-refractivity contribution in [3.05, 3.63) is 0 Å². The second-order valence-corrected chi connectivity index (χ2v) is 3.86. The number of rotatable bonds is 4. The van der Waals surface area contributed by atoms with E-state index in [0.717, 1.165) is 25.8 Å². The van der Waals surface area contributed by atoms with E-state index in [9.17, 15) is 9.90 Å². The van der Waals surface area contributed by atoms with Crippen molar-refractivity contribution >= 4 is 17.5 Å². The van der Waals surface area contributed by atoms with E-state index in [2.05, 4.69) is 10.6 Å². The van der Waals surface area contributed by atoms with Crippen LogP contribution >= 0.6 is 11.6 Å². The monoisotopic (exact) mass is 220 g/mol. The van der Waals surface area contributed by atoms with Crippen LogP contribution in [0.5, 0.6) is 0 Å². The Bertz CT molecular complexity index is 190. The molecule has 0 aliphatic carbocycles. The molecule has 0 bridgehead atoms. The molecule has 82 valence electrons. The predicted molar refractivity (Wildman–Crippen MR) is 55.4 cm³/mol. The van der Waals surface area contributed by atoms with Crippen molar-refractivity contribution in [2.75, 3.05) is 19.0 Å². The maximum Gasteiger partial charge on any atom is 0.237 e. The van der Waals surface area contributed by atoms with Gasteiger partial charge in [0.15, 0.2) is 0 Å². The minimum atomic E-state index is -0.576. The molecule has 1 rings (SSSR count). The molecule has 2 atom stereocenters. The molecule has 14 heavy (non-hydrogen) atoms. The number of aliphatic hydroxyl groups is 1. The Morgan fingerprint density at radius 2 is 2.43 bits per heavy atom. The van der Waals surface area contributed by atoms with E-state index in [4.69, 9.17) is 11.6 Å². The van der Waals surface area contributed by atoms with Gasteiger partial charge in [-0.1, -0.05) is 0 Å². The standard InChI is InChI=1S/C9H17ClN2O2/c10-5-7(13)6-12-8-3-1-2-4-11-9(8)14/h7-8,12-13H,1-6H2,(H,11,14). The zero-order valence-corrected chi connectivity index (χ0v) is 8.89. The van der Waals surface area contributed by atoms with Crippen LogP contribution < -0.4 is 10.6 Å². The lowest BCUT2D eigenvalue weighted by atomic mass is 10.1. The van der Waals surface area contributed by atoms with Gasteiger partial charge in [0.2, 0.25) is 5.91 Å². The fraction of sp³-hybridized carbons (Fsp3) is 0.889. The van der Waals surface area contributed by atoms with Crippen molar-refractivity contribution in [3.8, 4) is 0 Å². The number of carbonyl (C=O) groups is 1. The first-order valence-corrected chi connectivity index (χ1v) is 5.52. The van der Waals surface area contributed by atoms with Crippen LogP contribution in [0.4, 0.5) is 0 Å². The number of nitrogens with one attached hydrogen (secondary N) is 2. The van der Waals surface area contributed by atoms with Crippen LogP contribution in [0.25, 0.3) is 0 Å². The summed E-state index contributed by atoms with van der Waals surface area (Å²) in [5, 5.41) is 15.1. The third-order valence-electron chi connectivity index (χ3n) is 2.31. The molecule has 0 aromatic heterocycles. The van der Waals surface area contributed by atoms with Crippen molar-refractivity contribution in [1.29, 1.82) is 0 Å². The highest BCUT2D eigenvalue weighted by Gasteiger charge is 2.20. The summed E-state index contributed by atoms with van der Waals surface area (Å²) in [6, 6.07) is -0.171. The van der Waals surface area contributed by atoms with Crippen LogP contribution in [0.15, 0.2) is 0 Å². The zero-order chi connectivity index (χ0) is 10.4. The number of halogens is 1. The lowest BCUT2D eigenvalue weighted by molar-refractivity contribution is -0.122. The van der Waals surface area contributed by atoms with E-state index in [0.29, 0.717) is 6.54 Å². The molecular weight excluding hydrogens is 204 g/mol. The topological polar surface area (TPSA) is 61.4 Å². The van der Waals surface area contributed by atoms with Crippen LogP contribution in [-0.4, -0.2) is 42.1 Å². The normalized spacial score (nSPS) is 25.3. The Morgan fingerprint density at radius 3 is 3.14 bits per heavy atom. The number of alkyl halides is 1. The van der Waals surface area contributed by atoms with Gasteiger partial charge < -0.3 is 15.7 Å². The lowest BCUT2D eigenvalue weighted by Gasteiger charge is -2.16. The minimum absolute atomic E-state index is 0.0317. The predicted octanol–water partition coefficient (Wildman–Crippen LogP) is -0.156. The summed E-state index contributed by atoms with van der Waals surface area (Å²) in [6.45, 7) is 1.14. The molecule has 0 aromatic carbocycles. The largest absolute Gasteiger partial charge is 0.391 e. The molecule has 5 heteroatoms.